The van der Waals surface area contributed by atoms with Crippen LogP contribution in [0.1, 0.15) is 19.3 Å². The Morgan fingerprint density at radius 2 is 1.86 bits per heavy atom. The lowest BCUT2D eigenvalue weighted by Crippen LogP contribution is -2.51. The number of primary amides is 1. The van der Waals surface area contributed by atoms with Crippen LogP contribution in [0, 0.1) is 0 Å². The lowest BCUT2D eigenvalue weighted by Gasteiger charge is -2.35. The first-order valence-corrected chi connectivity index (χ1v) is 7.75. The Kier molecular flexibility index (Phi) is 3.53. The van der Waals surface area contributed by atoms with E-state index in [4.69, 9.17) is 11.5 Å². The number of anilines is 2. The summed E-state index contributed by atoms with van der Waals surface area (Å²) in [6.07, 6.45) is 3.43. The molecule has 2 aliphatic rings. The van der Waals surface area contributed by atoms with Gasteiger partial charge in [-0.25, -0.2) is 0 Å². The molecule has 2 fully saturated rings. The number of nitrogens with zero attached hydrogens (tertiary/aromatic N) is 2. The molecule has 114 valence electrons. The number of nitrogens with two attached hydrogens (primary N) is 2. The zero-order chi connectivity index (χ0) is 15.0. The maximum atomic E-state index is 11.9. The maximum absolute atomic E-state index is 11.9. The van der Waals surface area contributed by atoms with E-state index in [0.717, 1.165) is 28.8 Å². The molecule has 1 amide bonds. The molecule has 0 spiro atoms. The summed E-state index contributed by atoms with van der Waals surface area (Å²) in [5.74, 6) is -0.222. The minimum Gasteiger partial charge on any atom is -0.399 e. The van der Waals surface area contributed by atoms with Crippen LogP contribution in [0.25, 0.3) is 0 Å². The fourth-order valence-corrected chi connectivity index (χ4v) is 3.91. The van der Waals surface area contributed by atoms with Crippen molar-refractivity contribution in [3.63, 3.8) is 0 Å². The number of hydrogen-bond acceptors (Lipinski definition) is 3. The van der Waals surface area contributed by atoms with Crippen molar-refractivity contribution >= 4 is 17.3 Å². The summed E-state index contributed by atoms with van der Waals surface area (Å²) in [7, 11) is 2.32. The standard InChI is InChI=1S/C16H24N4O/c1-20(8-2-3-9-20)14-10-15(16(18)21)19(11-14)13-6-4-12(17)5-7-13/h4-7,14-15H,2-3,8-11,17H2,1H3,(H-,18,21)/p+1. The first kappa shape index (κ1) is 14.2. The average Bonchev–Trinajstić information content (AvgIpc) is 3.07. The Morgan fingerprint density at radius 3 is 2.43 bits per heavy atom. The van der Waals surface area contributed by atoms with Gasteiger partial charge >= 0.3 is 0 Å². The number of likely N-dealkylation sites (tertiary alicyclic amines) is 1. The van der Waals surface area contributed by atoms with Gasteiger partial charge in [-0.2, -0.15) is 0 Å². The van der Waals surface area contributed by atoms with Gasteiger partial charge in [-0.15, -0.1) is 0 Å². The minimum absolute atomic E-state index is 0.200. The molecule has 5 heteroatoms. The molecule has 2 saturated heterocycles. The smallest absolute Gasteiger partial charge is 0.240 e. The molecule has 0 bridgehead atoms. The van der Waals surface area contributed by atoms with E-state index >= 15 is 0 Å². The molecular formula is C16H25N4O+. The van der Waals surface area contributed by atoms with E-state index in [9.17, 15) is 4.79 Å². The van der Waals surface area contributed by atoms with Gasteiger partial charge in [0.25, 0.3) is 0 Å². The molecule has 2 heterocycles. The van der Waals surface area contributed by atoms with Crippen LogP contribution < -0.4 is 16.4 Å². The van der Waals surface area contributed by atoms with Crippen molar-refractivity contribution in [1.29, 1.82) is 0 Å². The second-order valence-corrected chi connectivity index (χ2v) is 6.69. The van der Waals surface area contributed by atoms with Gasteiger partial charge in [0.1, 0.15) is 12.1 Å². The molecular weight excluding hydrogens is 264 g/mol. The van der Waals surface area contributed by atoms with E-state index in [0.29, 0.717) is 6.04 Å². The number of hydrogen-bond donors (Lipinski definition) is 2. The highest BCUT2D eigenvalue weighted by Gasteiger charge is 2.46. The van der Waals surface area contributed by atoms with E-state index in [-0.39, 0.29) is 11.9 Å². The van der Waals surface area contributed by atoms with Crippen LogP contribution in [-0.2, 0) is 4.79 Å². The molecule has 21 heavy (non-hydrogen) atoms. The predicted octanol–water partition coefficient (Wildman–Crippen LogP) is 0.942. The summed E-state index contributed by atoms with van der Waals surface area (Å²) in [4.78, 5) is 14.0. The largest absolute Gasteiger partial charge is 0.399 e. The molecule has 0 saturated carbocycles. The molecule has 0 aromatic heterocycles. The van der Waals surface area contributed by atoms with E-state index in [1.807, 2.05) is 24.3 Å². The van der Waals surface area contributed by atoms with Gasteiger partial charge in [0.15, 0.2) is 0 Å². The minimum atomic E-state index is -0.222. The Balaban J connectivity index is 1.85. The van der Waals surface area contributed by atoms with E-state index in [1.165, 1.54) is 25.9 Å². The fraction of sp³-hybridized carbons (Fsp3) is 0.562. The van der Waals surface area contributed by atoms with Crippen LogP contribution in [0.5, 0.6) is 0 Å². The van der Waals surface area contributed by atoms with E-state index < -0.39 is 0 Å². The second kappa shape index (κ2) is 5.22. The number of likely N-dealkylation sites (N-methyl/N-ethyl adjacent to an activating group) is 1. The third-order valence-corrected chi connectivity index (χ3v) is 5.30. The van der Waals surface area contributed by atoms with Crippen molar-refractivity contribution in [2.45, 2.75) is 31.3 Å². The number of quaternary nitrogens is 1. The molecule has 3 rings (SSSR count). The van der Waals surface area contributed by atoms with Crippen molar-refractivity contribution in [3.8, 4) is 0 Å². The number of rotatable bonds is 3. The van der Waals surface area contributed by atoms with Crippen molar-refractivity contribution < 1.29 is 9.28 Å². The average molecular weight is 289 g/mol. The third kappa shape index (κ3) is 2.58. The topological polar surface area (TPSA) is 72.4 Å². The summed E-state index contributed by atoms with van der Waals surface area (Å²) in [5.41, 5.74) is 13.2. The molecule has 4 N–H and O–H groups in total. The van der Waals surface area contributed by atoms with Crippen LogP contribution >= 0.6 is 0 Å². The summed E-state index contributed by atoms with van der Waals surface area (Å²) >= 11 is 0. The van der Waals surface area contributed by atoms with Gasteiger partial charge < -0.3 is 20.9 Å². The summed E-state index contributed by atoms with van der Waals surface area (Å²) in [5, 5.41) is 0. The number of benzene rings is 1. The Morgan fingerprint density at radius 1 is 1.24 bits per heavy atom. The highest BCUT2D eigenvalue weighted by Crippen LogP contribution is 2.33. The molecule has 2 unspecified atom stereocenters. The van der Waals surface area contributed by atoms with Crippen molar-refractivity contribution in [1.82, 2.24) is 0 Å². The number of nitrogen functional groups attached to an aromatic ring is 1. The van der Waals surface area contributed by atoms with Crippen LogP contribution in [0.3, 0.4) is 0 Å². The maximum Gasteiger partial charge on any atom is 0.240 e. The highest BCUT2D eigenvalue weighted by atomic mass is 16.1. The van der Waals surface area contributed by atoms with Crippen LogP contribution in [0.15, 0.2) is 24.3 Å². The van der Waals surface area contributed by atoms with Crippen molar-refractivity contribution in [2.24, 2.45) is 5.73 Å². The molecule has 2 atom stereocenters. The molecule has 2 aliphatic heterocycles. The lowest BCUT2D eigenvalue weighted by atomic mass is 10.1. The van der Waals surface area contributed by atoms with Crippen LogP contribution in [-0.4, -0.2) is 49.2 Å². The highest BCUT2D eigenvalue weighted by molar-refractivity contribution is 5.84. The summed E-state index contributed by atoms with van der Waals surface area (Å²) in [6, 6.07) is 8.02. The molecule has 0 radical (unpaired) electrons. The quantitative estimate of drug-likeness (QED) is 0.642. The van der Waals surface area contributed by atoms with Gasteiger partial charge in [0.2, 0.25) is 5.91 Å². The fourth-order valence-electron chi connectivity index (χ4n) is 3.91. The van der Waals surface area contributed by atoms with Crippen molar-refractivity contribution in [2.75, 3.05) is 37.3 Å². The van der Waals surface area contributed by atoms with Gasteiger partial charge in [0, 0.05) is 30.6 Å². The third-order valence-electron chi connectivity index (χ3n) is 5.30. The van der Waals surface area contributed by atoms with Crippen molar-refractivity contribution in [3.05, 3.63) is 24.3 Å². The molecule has 1 aromatic carbocycles. The Hall–Kier alpha value is -1.75. The number of amides is 1. The van der Waals surface area contributed by atoms with Gasteiger partial charge in [-0.3, -0.25) is 4.79 Å². The Bertz CT molecular complexity index is 522. The molecule has 5 nitrogen and oxygen atoms in total. The van der Waals surface area contributed by atoms with Gasteiger partial charge in [-0.1, -0.05) is 0 Å². The van der Waals surface area contributed by atoms with Crippen LogP contribution in [0.2, 0.25) is 0 Å². The Labute approximate surface area is 126 Å². The predicted molar refractivity (Wildman–Crippen MR) is 84.7 cm³/mol. The SMILES string of the molecule is C[N+]1(C2CC(C(N)=O)N(c3ccc(N)cc3)C2)CCCC1. The summed E-state index contributed by atoms with van der Waals surface area (Å²) in [6.45, 7) is 3.32. The second-order valence-electron chi connectivity index (χ2n) is 6.69. The number of carbonyl (C=O) groups is 1. The van der Waals surface area contributed by atoms with E-state index in [1.54, 1.807) is 0 Å². The monoisotopic (exact) mass is 289 g/mol. The first-order chi connectivity index (χ1) is 9.99. The molecule has 1 aromatic rings. The van der Waals surface area contributed by atoms with E-state index in [2.05, 4.69) is 11.9 Å². The van der Waals surface area contributed by atoms with Gasteiger partial charge in [-0.05, 0) is 24.3 Å². The lowest BCUT2D eigenvalue weighted by molar-refractivity contribution is -0.919. The van der Waals surface area contributed by atoms with Crippen LogP contribution in [0.4, 0.5) is 11.4 Å². The molecule has 0 aliphatic carbocycles. The first-order valence-electron chi connectivity index (χ1n) is 7.75. The summed E-state index contributed by atoms with van der Waals surface area (Å²) < 4.78 is 1.08. The zero-order valence-corrected chi connectivity index (χ0v) is 12.7. The van der Waals surface area contributed by atoms with Gasteiger partial charge in [0.05, 0.1) is 26.7 Å². The number of carbonyl (C=O) groups excluding carboxylic acids is 1. The zero-order valence-electron chi connectivity index (χ0n) is 12.7. The normalized spacial score (nSPS) is 28.0.